The van der Waals surface area contributed by atoms with Gasteiger partial charge in [-0.2, -0.15) is 10.1 Å². The SMILES string of the molecule is CCc1cccc(C)c1Nc1nncc(NCc2ccccc2C)n1. The van der Waals surface area contributed by atoms with Crippen LogP contribution >= 0.6 is 0 Å². The average Bonchev–Trinajstić information content (AvgIpc) is 2.63. The molecule has 0 saturated heterocycles. The highest BCUT2D eigenvalue weighted by atomic mass is 15.3. The first-order valence-corrected chi connectivity index (χ1v) is 8.51. The van der Waals surface area contributed by atoms with Gasteiger partial charge >= 0.3 is 0 Å². The summed E-state index contributed by atoms with van der Waals surface area (Å²) in [7, 11) is 0. The summed E-state index contributed by atoms with van der Waals surface area (Å²) < 4.78 is 0. The molecule has 3 rings (SSSR count). The molecule has 0 aliphatic carbocycles. The Kier molecular flexibility index (Phi) is 5.23. The number of aromatic nitrogens is 3. The van der Waals surface area contributed by atoms with Gasteiger partial charge in [0.25, 0.3) is 0 Å². The van der Waals surface area contributed by atoms with Gasteiger partial charge in [0, 0.05) is 12.2 Å². The van der Waals surface area contributed by atoms with Gasteiger partial charge in [0.15, 0.2) is 5.82 Å². The molecule has 0 spiro atoms. The van der Waals surface area contributed by atoms with Crippen molar-refractivity contribution >= 4 is 17.5 Å². The molecular weight excluding hydrogens is 310 g/mol. The third kappa shape index (κ3) is 4.12. The van der Waals surface area contributed by atoms with E-state index in [9.17, 15) is 0 Å². The summed E-state index contributed by atoms with van der Waals surface area (Å²) in [5.74, 6) is 1.20. The van der Waals surface area contributed by atoms with Gasteiger partial charge < -0.3 is 10.6 Å². The highest BCUT2D eigenvalue weighted by molar-refractivity contribution is 5.63. The summed E-state index contributed by atoms with van der Waals surface area (Å²) >= 11 is 0. The predicted octanol–water partition coefficient (Wildman–Crippen LogP) is 4.41. The quantitative estimate of drug-likeness (QED) is 0.700. The largest absolute Gasteiger partial charge is 0.365 e. The Morgan fingerprint density at radius 1 is 0.920 bits per heavy atom. The van der Waals surface area contributed by atoms with Crippen LogP contribution in [0.5, 0.6) is 0 Å². The van der Waals surface area contributed by atoms with E-state index in [2.05, 4.69) is 76.9 Å². The third-order valence-corrected chi connectivity index (χ3v) is 4.26. The van der Waals surface area contributed by atoms with Crippen molar-refractivity contribution in [3.05, 3.63) is 70.9 Å². The van der Waals surface area contributed by atoms with Gasteiger partial charge in [0.2, 0.25) is 5.95 Å². The molecule has 0 aliphatic heterocycles. The fourth-order valence-corrected chi connectivity index (χ4v) is 2.75. The Bertz CT molecular complexity index is 860. The van der Waals surface area contributed by atoms with Crippen LogP contribution in [-0.2, 0) is 13.0 Å². The molecule has 0 fully saturated rings. The van der Waals surface area contributed by atoms with Gasteiger partial charge in [0.1, 0.15) is 0 Å². The topological polar surface area (TPSA) is 62.7 Å². The summed E-state index contributed by atoms with van der Waals surface area (Å²) in [4.78, 5) is 4.53. The summed E-state index contributed by atoms with van der Waals surface area (Å²) in [5, 5.41) is 14.8. The lowest BCUT2D eigenvalue weighted by Gasteiger charge is -2.13. The Labute approximate surface area is 148 Å². The Balaban J connectivity index is 1.75. The maximum Gasteiger partial charge on any atom is 0.249 e. The Hall–Kier alpha value is -2.95. The molecule has 0 saturated carbocycles. The van der Waals surface area contributed by atoms with E-state index in [1.807, 2.05) is 12.1 Å². The predicted molar refractivity (Wildman–Crippen MR) is 102 cm³/mol. The molecule has 0 atom stereocenters. The highest BCUT2D eigenvalue weighted by Gasteiger charge is 2.07. The maximum absolute atomic E-state index is 4.53. The maximum atomic E-state index is 4.53. The van der Waals surface area contributed by atoms with E-state index in [0.29, 0.717) is 18.3 Å². The summed E-state index contributed by atoms with van der Waals surface area (Å²) in [5.41, 5.74) is 5.96. The molecule has 2 aromatic carbocycles. The van der Waals surface area contributed by atoms with Crippen molar-refractivity contribution in [2.75, 3.05) is 10.6 Å². The molecule has 0 aliphatic rings. The molecule has 1 heterocycles. The third-order valence-electron chi connectivity index (χ3n) is 4.26. The minimum atomic E-state index is 0.499. The van der Waals surface area contributed by atoms with E-state index in [-0.39, 0.29) is 0 Å². The van der Waals surface area contributed by atoms with Crippen LogP contribution in [0, 0.1) is 13.8 Å². The first-order chi connectivity index (χ1) is 12.2. The molecule has 0 bridgehead atoms. The molecule has 0 amide bonds. The van der Waals surface area contributed by atoms with Crippen LogP contribution in [0.1, 0.15) is 29.2 Å². The molecule has 25 heavy (non-hydrogen) atoms. The van der Waals surface area contributed by atoms with Gasteiger partial charge in [-0.25, -0.2) is 0 Å². The first-order valence-electron chi connectivity index (χ1n) is 8.51. The van der Waals surface area contributed by atoms with Crippen LogP contribution in [0.25, 0.3) is 0 Å². The van der Waals surface area contributed by atoms with Crippen LogP contribution in [0.4, 0.5) is 17.5 Å². The normalized spacial score (nSPS) is 10.5. The van der Waals surface area contributed by atoms with E-state index < -0.39 is 0 Å². The van der Waals surface area contributed by atoms with Crippen molar-refractivity contribution in [3.63, 3.8) is 0 Å². The summed E-state index contributed by atoms with van der Waals surface area (Å²) in [6.45, 7) is 7.02. The number of nitrogens with zero attached hydrogens (tertiary/aromatic N) is 3. The molecule has 5 heteroatoms. The van der Waals surface area contributed by atoms with Crippen molar-refractivity contribution in [2.45, 2.75) is 33.7 Å². The van der Waals surface area contributed by atoms with Crippen LogP contribution in [-0.4, -0.2) is 15.2 Å². The second kappa shape index (κ2) is 7.75. The number of benzene rings is 2. The molecule has 1 aromatic heterocycles. The van der Waals surface area contributed by atoms with Crippen LogP contribution in [0.2, 0.25) is 0 Å². The Morgan fingerprint density at radius 3 is 2.48 bits per heavy atom. The van der Waals surface area contributed by atoms with Crippen molar-refractivity contribution in [2.24, 2.45) is 0 Å². The van der Waals surface area contributed by atoms with Gasteiger partial charge in [-0.1, -0.05) is 49.4 Å². The number of anilines is 3. The number of nitrogens with one attached hydrogen (secondary N) is 2. The second-order valence-corrected chi connectivity index (χ2v) is 6.03. The van der Waals surface area contributed by atoms with E-state index >= 15 is 0 Å². The molecule has 3 aromatic rings. The molecule has 0 radical (unpaired) electrons. The van der Waals surface area contributed by atoms with Crippen LogP contribution in [0.15, 0.2) is 48.7 Å². The van der Waals surface area contributed by atoms with Gasteiger partial charge in [-0.3, -0.25) is 0 Å². The zero-order chi connectivity index (χ0) is 17.6. The van der Waals surface area contributed by atoms with Crippen molar-refractivity contribution in [1.29, 1.82) is 0 Å². The molecule has 0 unspecified atom stereocenters. The van der Waals surface area contributed by atoms with E-state index in [4.69, 9.17) is 0 Å². The monoisotopic (exact) mass is 333 g/mol. The summed E-state index contributed by atoms with van der Waals surface area (Å²) in [6, 6.07) is 14.6. The minimum absolute atomic E-state index is 0.499. The van der Waals surface area contributed by atoms with Crippen molar-refractivity contribution in [1.82, 2.24) is 15.2 Å². The first kappa shape index (κ1) is 16.9. The van der Waals surface area contributed by atoms with Gasteiger partial charge in [0.05, 0.1) is 6.20 Å². The van der Waals surface area contributed by atoms with Crippen molar-refractivity contribution < 1.29 is 0 Å². The minimum Gasteiger partial charge on any atom is -0.365 e. The number of para-hydroxylation sites is 1. The fraction of sp³-hybridized carbons (Fsp3) is 0.250. The molecule has 5 nitrogen and oxygen atoms in total. The average molecular weight is 333 g/mol. The lowest BCUT2D eigenvalue weighted by Crippen LogP contribution is -2.07. The number of hydrogen-bond acceptors (Lipinski definition) is 5. The highest BCUT2D eigenvalue weighted by Crippen LogP contribution is 2.24. The molecular formula is C20H23N5. The van der Waals surface area contributed by atoms with E-state index in [1.165, 1.54) is 22.3 Å². The number of hydrogen-bond donors (Lipinski definition) is 2. The lowest BCUT2D eigenvalue weighted by molar-refractivity contribution is 0.961. The van der Waals surface area contributed by atoms with Gasteiger partial charge in [-0.05, 0) is 42.5 Å². The second-order valence-electron chi connectivity index (χ2n) is 6.03. The fourth-order valence-electron chi connectivity index (χ4n) is 2.75. The zero-order valence-electron chi connectivity index (χ0n) is 14.9. The number of aryl methyl sites for hydroxylation is 3. The van der Waals surface area contributed by atoms with E-state index in [0.717, 1.165) is 12.1 Å². The van der Waals surface area contributed by atoms with Crippen LogP contribution < -0.4 is 10.6 Å². The van der Waals surface area contributed by atoms with Crippen LogP contribution in [0.3, 0.4) is 0 Å². The molecule has 128 valence electrons. The van der Waals surface area contributed by atoms with E-state index in [1.54, 1.807) is 6.20 Å². The summed E-state index contributed by atoms with van der Waals surface area (Å²) in [6.07, 6.45) is 2.59. The zero-order valence-corrected chi connectivity index (χ0v) is 14.9. The molecule has 2 N–H and O–H groups in total. The Morgan fingerprint density at radius 2 is 1.68 bits per heavy atom. The van der Waals surface area contributed by atoms with Gasteiger partial charge in [-0.15, -0.1) is 5.10 Å². The lowest BCUT2D eigenvalue weighted by atomic mass is 10.1. The smallest absolute Gasteiger partial charge is 0.249 e. The number of rotatable bonds is 6. The van der Waals surface area contributed by atoms with Crippen molar-refractivity contribution in [3.8, 4) is 0 Å². The standard InChI is InChI=1S/C20H23N5/c1-4-16-11-7-9-15(3)19(16)24-20-23-18(13-22-25-20)21-12-17-10-6-5-8-14(17)2/h5-11,13H,4,12H2,1-3H3,(H2,21,23,24,25).